The molecule has 1 heterocycles. The van der Waals surface area contributed by atoms with Gasteiger partial charge in [-0.3, -0.25) is 0 Å². The Morgan fingerprint density at radius 1 is 1.29 bits per heavy atom. The van der Waals surface area contributed by atoms with Gasteiger partial charge in [0, 0.05) is 24.7 Å². The topological polar surface area (TPSA) is 61.4 Å². The summed E-state index contributed by atoms with van der Waals surface area (Å²) in [5, 5.41) is 3.07. The van der Waals surface area contributed by atoms with Crippen LogP contribution in [0.5, 0.6) is 0 Å². The van der Waals surface area contributed by atoms with E-state index in [1.807, 2.05) is 27.8 Å². The summed E-state index contributed by atoms with van der Waals surface area (Å²) in [6.45, 7) is 6.92. The van der Waals surface area contributed by atoms with E-state index in [2.05, 4.69) is 10.0 Å². The molecule has 0 bridgehead atoms. The zero-order chi connectivity index (χ0) is 13.1. The first-order valence-corrected chi connectivity index (χ1v) is 7.65. The highest BCUT2D eigenvalue weighted by Gasteiger charge is 2.33. The van der Waals surface area contributed by atoms with E-state index in [9.17, 15) is 8.42 Å². The van der Waals surface area contributed by atoms with E-state index in [1.54, 1.807) is 4.31 Å². The maximum Gasteiger partial charge on any atom is 0.280 e. The summed E-state index contributed by atoms with van der Waals surface area (Å²) >= 11 is 0. The first kappa shape index (κ1) is 14.9. The molecule has 1 unspecified atom stereocenters. The average molecular weight is 263 g/mol. The molecular weight excluding hydrogens is 238 g/mol. The number of rotatable bonds is 4. The molecule has 1 rings (SSSR count). The molecule has 6 heteroatoms. The fraction of sp³-hybridized carbons (Fsp3) is 1.00. The second-order valence-electron chi connectivity index (χ2n) is 5.68. The molecular formula is C11H25N3O2S. The number of hydrogen-bond acceptors (Lipinski definition) is 3. The SMILES string of the molecule is CNCC1CCCCN1S(=O)(=O)NC(C)(C)C. The molecule has 1 fully saturated rings. The maximum atomic E-state index is 12.3. The van der Waals surface area contributed by atoms with Crippen LogP contribution in [0.25, 0.3) is 0 Å². The van der Waals surface area contributed by atoms with E-state index in [4.69, 9.17) is 0 Å². The van der Waals surface area contributed by atoms with Gasteiger partial charge in [-0.1, -0.05) is 6.42 Å². The highest BCUT2D eigenvalue weighted by atomic mass is 32.2. The number of nitrogens with one attached hydrogen (secondary N) is 2. The predicted octanol–water partition coefficient (Wildman–Crippen LogP) is 0.693. The Hall–Kier alpha value is -0.170. The average Bonchev–Trinajstić information content (AvgIpc) is 2.15. The van der Waals surface area contributed by atoms with Gasteiger partial charge in [0.25, 0.3) is 10.2 Å². The van der Waals surface area contributed by atoms with Crippen LogP contribution < -0.4 is 10.0 Å². The maximum absolute atomic E-state index is 12.3. The molecule has 0 amide bonds. The molecule has 0 aliphatic carbocycles. The van der Waals surface area contributed by atoms with Gasteiger partial charge >= 0.3 is 0 Å². The van der Waals surface area contributed by atoms with Crippen LogP contribution in [0.15, 0.2) is 0 Å². The van der Waals surface area contributed by atoms with E-state index in [0.29, 0.717) is 13.1 Å². The number of piperidine rings is 1. The summed E-state index contributed by atoms with van der Waals surface area (Å²) in [6.07, 6.45) is 2.99. The molecule has 0 aromatic rings. The largest absolute Gasteiger partial charge is 0.318 e. The third kappa shape index (κ3) is 4.54. The van der Waals surface area contributed by atoms with Crippen molar-refractivity contribution in [2.24, 2.45) is 0 Å². The second kappa shape index (κ2) is 5.65. The van der Waals surface area contributed by atoms with E-state index >= 15 is 0 Å². The quantitative estimate of drug-likeness (QED) is 0.784. The summed E-state index contributed by atoms with van der Waals surface area (Å²) in [6, 6.07) is 0.0774. The predicted molar refractivity (Wildman–Crippen MR) is 70.1 cm³/mol. The molecule has 2 N–H and O–H groups in total. The van der Waals surface area contributed by atoms with Crippen molar-refractivity contribution in [3.8, 4) is 0 Å². The first-order valence-electron chi connectivity index (χ1n) is 6.21. The van der Waals surface area contributed by atoms with Gasteiger partial charge in [-0.2, -0.15) is 17.4 Å². The molecule has 1 aliphatic rings. The van der Waals surface area contributed by atoms with E-state index in [-0.39, 0.29) is 6.04 Å². The molecule has 1 saturated heterocycles. The van der Waals surface area contributed by atoms with Gasteiger partial charge in [-0.05, 0) is 40.7 Å². The zero-order valence-corrected chi connectivity index (χ0v) is 12.1. The minimum atomic E-state index is -3.37. The van der Waals surface area contributed by atoms with E-state index in [1.165, 1.54) is 0 Å². The first-order chi connectivity index (χ1) is 7.76. The molecule has 1 atom stereocenters. The highest BCUT2D eigenvalue weighted by Crippen LogP contribution is 2.20. The van der Waals surface area contributed by atoms with Crippen LogP contribution in [0.4, 0.5) is 0 Å². The molecule has 17 heavy (non-hydrogen) atoms. The van der Waals surface area contributed by atoms with E-state index in [0.717, 1.165) is 19.3 Å². The molecule has 0 aromatic carbocycles. The lowest BCUT2D eigenvalue weighted by molar-refractivity contribution is 0.242. The van der Waals surface area contributed by atoms with E-state index < -0.39 is 15.7 Å². The Morgan fingerprint density at radius 2 is 1.94 bits per heavy atom. The molecule has 5 nitrogen and oxygen atoms in total. The molecule has 102 valence electrons. The Labute approximate surface area is 105 Å². The third-order valence-electron chi connectivity index (χ3n) is 2.76. The number of likely N-dealkylation sites (N-methyl/N-ethyl adjacent to an activating group) is 1. The summed E-state index contributed by atoms with van der Waals surface area (Å²) < 4.78 is 28.9. The highest BCUT2D eigenvalue weighted by molar-refractivity contribution is 7.87. The molecule has 0 radical (unpaired) electrons. The number of hydrogen-bond donors (Lipinski definition) is 2. The smallest absolute Gasteiger partial charge is 0.280 e. The minimum Gasteiger partial charge on any atom is -0.318 e. The Morgan fingerprint density at radius 3 is 2.47 bits per heavy atom. The summed E-state index contributed by atoms with van der Waals surface area (Å²) in [5.74, 6) is 0. The van der Waals surface area contributed by atoms with Gasteiger partial charge in [0.2, 0.25) is 0 Å². The number of nitrogens with zero attached hydrogens (tertiary/aromatic N) is 1. The van der Waals surface area contributed by atoms with Crippen LogP contribution in [-0.2, 0) is 10.2 Å². The zero-order valence-electron chi connectivity index (χ0n) is 11.3. The van der Waals surface area contributed by atoms with Gasteiger partial charge in [0.1, 0.15) is 0 Å². The third-order valence-corrected chi connectivity index (χ3v) is 4.73. The van der Waals surface area contributed by atoms with Crippen LogP contribution in [0.2, 0.25) is 0 Å². The van der Waals surface area contributed by atoms with Crippen LogP contribution >= 0.6 is 0 Å². The lowest BCUT2D eigenvalue weighted by Gasteiger charge is -2.36. The van der Waals surface area contributed by atoms with Crippen molar-refractivity contribution in [1.29, 1.82) is 0 Å². The normalized spacial score (nSPS) is 23.9. The standard InChI is InChI=1S/C11H25N3O2S/c1-11(2,3)13-17(15,16)14-8-6-5-7-10(14)9-12-4/h10,12-13H,5-9H2,1-4H3. The molecule has 0 spiro atoms. The fourth-order valence-electron chi connectivity index (χ4n) is 2.18. The lowest BCUT2D eigenvalue weighted by atomic mass is 10.1. The van der Waals surface area contributed by atoms with Crippen molar-refractivity contribution in [3.05, 3.63) is 0 Å². The van der Waals surface area contributed by atoms with Crippen molar-refractivity contribution < 1.29 is 8.42 Å². The van der Waals surface area contributed by atoms with Gasteiger partial charge in [0.05, 0.1) is 0 Å². The van der Waals surface area contributed by atoms with Crippen molar-refractivity contribution >= 4 is 10.2 Å². The van der Waals surface area contributed by atoms with Crippen LogP contribution in [0, 0.1) is 0 Å². The van der Waals surface area contributed by atoms with Crippen LogP contribution in [0.3, 0.4) is 0 Å². The summed E-state index contributed by atoms with van der Waals surface area (Å²) in [5.41, 5.74) is -0.430. The van der Waals surface area contributed by atoms with Gasteiger partial charge in [-0.25, -0.2) is 0 Å². The van der Waals surface area contributed by atoms with Crippen LogP contribution in [-0.4, -0.2) is 44.4 Å². The van der Waals surface area contributed by atoms with Crippen molar-refractivity contribution in [2.75, 3.05) is 20.1 Å². The van der Waals surface area contributed by atoms with Crippen LogP contribution in [0.1, 0.15) is 40.0 Å². The van der Waals surface area contributed by atoms with Gasteiger partial charge in [-0.15, -0.1) is 0 Å². The summed E-state index contributed by atoms with van der Waals surface area (Å²) in [4.78, 5) is 0. The minimum absolute atomic E-state index is 0.0774. The Balaban J connectivity index is 2.80. The fourth-order valence-corrected chi connectivity index (χ4v) is 4.01. The molecule has 0 aromatic heterocycles. The van der Waals surface area contributed by atoms with Crippen molar-refractivity contribution in [1.82, 2.24) is 14.3 Å². The van der Waals surface area contributed by atoms with Gasteiger partial charge < -0.3 is 5.32 Å². The molecule has 1 aliphatic heterocycles. The summed E-state index contributed by atoms with van der Waals surface area (Å²) in [7, 11) is -1.51. The van der Waals surface area contributed by atoms with Gasteiger partial charge in [0.15, 0.2) is 0 Å². The Kier molecular flexibility index (Phi) is 4.95. The Bertz CT molecular complexity index is 333. The van der Waals surface area contributed by atoms with Crippen molar-refractivity contribution in [2.45, 2.75) is 51.6 Å². The monoisotopic (exact) mass is 263 g/mol. The lowest BCUT2D eigenvalue weighted by Crippen LogP contribution is -2.55. The second-order valence-corrected chi connectivity index (χ2v) is 7.30. The molecule has 0 saturated carbocycles. The van der Waals surface area contributed by atoms with Crippen molar-refractivity contribution in [3.63, 3.8) is 0 Å².